The third-order valence-electron chi connectivity index (χ3n) is 5.33. The van der Waals surface area contributed by atoms with Crippen LogP contribution in [0, 0.1) is 0 Å². The monoisotopic (exact) mass is 404 g/mol. The standard InChI is InChI=1S/C25H28N2OS/c1-2-7-18-11-13-20(14-12-18)23(22-10-6-17-29-22)27-24(19-8-4-3-5-9-19)25(28)26-21-15-16-21/h3-6,8-14,17,21,23-24,27H,2,7,15-16H2,1H3,(H,26,28)/t23-,24+/m1/s1. The predicted molar refractivity (Wildman–Crippen MR) is 120 cm³/mol. The van der Waals surface area contributed by atoms with E-state index in [0.29, 0.717) is 6.04 Å². The molecule has 150 valence electrons. The zero-order chi connectivity index (χ0) is 20.1. The molecule has 1 aliphatic rings. The first kappa shape index (κ1) is 19.9. The molecular formula is C25H28N2OS. The van der Waals surface area contributed by atoms with Gasteiger partial charge in [-0.2, -0.15) is 0 Å². The molecular weight excluding hydrogens is 376 g/mol. The number of aryl methyl sites for hydroxylation is 1. The maximum atomic E-state index is 13.1. The van der Waals surface area contributed by atoms with E-state index in [2.05, 4.69) is 59.3 Å². The average molecular weight is 405 g/mol. The summed E-state index contributed by atoms with van der Waals surface area (Å²) in [6.45, 7) is 2.20. The quantitative estimate of drug-likeness (QED) is 0.501. The molecule has 0 unspecified atom stereocenters. The summed E-state index contributed by atoms with van der Waals surface area (Å²) in [4.78, 5) is 14.3. The maximum absolute atomic E-state index is 13.1. The molecule has 4 rings (SSSR count). The predicted octanol–water partition coefficient (Wildman–Crippen LogP) is 5.40. The van der Waals surface area contributed by atoms with Gasteiger partial charge >= 0.3 is 0 Å². The summed E-state index contributed by atoms with van der Waals surface area (Å²) >= 11 is 1.72. The Hall–Kier alpha value is -2.43. The first-order chi connectivity index (χ1) is 14.2. The van der Waals surface area contributed by atoms with Gasteiger partial charge in [-0.05, 0) is 47.4 Å². The van der Waals surface area contributed by atoms with Crippen LogP contribution in [0.1, 0.15) is 59.8 Å². The Morgan fingerprint density at radius 1 is 1.00 bits per heavy atom. The summed E-state index contributed by atoms with van der Waals surface area (Å²) in [5.41, 5.74) is 3.54. The molecule has 0 spiro atoms. The molecule has 1 saturated carbocycles. The number of hydrogen-bond acceptors (Lipinski definition) is 3. The highest BCUT2D eigenvalue weighted by molar-refractivity contribution is 7.10. The van der Waals surface area contributed by atoms with Crippen LogP contribution in [-0.2, 0) is 11.2 Å². The Bertz CT molecular complexity index is 902. The Morgan fingerprint density at radius 2 is 1.76 bits per heavy atom. The molecule has 1 amide bonds. The van der Waals surface area contributed by atoms with Crippen LogP contribution in [-0.4, -0.2) is 11.9 Å². The number of carbonyl (C=O) groups is 1. The molecule has 0 bridgehead atoms. The number of carbonyl (C=O) groups excluding carboxylic acids is 1. The number of thiophene rings is 1. The van der Waals surface area contributed by atoms with Crippen LogP contribution in [0.2, 0.25) is 0 Å². The van der Waals surface area contributed by atoms with Gasteiger partial charge in [0.1, 0.15) is 6.04 Å². The van der Waals surface area contributed by atoms with Crippen molar-refractivity contribution in [2.75, 3.05) is 0 Å². The van der Waals surface area contributed by atoms with Crippen LogP contribution in [0.5, 0.6) is 0 Å². The molecule has 1 fully saturated rings. The number of benzene rings is 2. The minimum atomic E-state index is -0.390. The summed E-state index contributed by atoms with van der Waals surface area (Å²) in [6.07, 6.45) is 4.40. The second-order valence-electron chi connectivity index (χ2n) is 7.73. The SMILES string of the molecule is CCCc1ccc([C@@H](N[C@H](C(=O)NC2CC2)c2ccccc2)c2cccs2)cc1. The molecule has 1 aliphatic carbocycles. The molecule has 2 atom stereocenters. The largest absolute Gasteiger partial charge is 0.352 e. The molecule has 2 N–H and O–H groups in total. The van der Waals surface area contributed by atoms with E-state index in [1.54, 1.807) is 11.3 Å². The normalized spacial score (nSPS) is 15.6. The molecule has 1 aromatic heterocycles. The Kier molecular flexibility index (Phi) is 6.43. The van der Waals surface area contributed by atoms with Gasteiger partial charge in [-0.25, -0.2) is 0 Å². The van der Waals surface area contributed by atoms with Gasteiger partial charge in [-0.3, -0.25) is 10.1 Å². The van der Waals surface area contributed by atoms with Crippen molar-refractivity contribution in [2.24, 2.45) is 0 Å². The summed E-state index contributed by atoms with van der Waals surface area (Å²) in [6, 6.07) is 23.0. The minimum absolute atomic E-state index is 0.0270. The van der Waals surface area contributed by atoms with Gasteiger partial charge in [0.2, 0.25) is 5.91 Å². The molecule has 0 saturated heterocycles. The lowest BCUT2D eigenvalue weighted by Crippen LogP contribution is -2.40. The van der Waals surface area contributed by atoms with Crippen molar-refractivity contribution in [1.82, 2.24) is 10.6 Å². The fourth-order valence-electron chi connectivity index (χ4n) is 3.61. The molecule has 2 aromatic carbocycles. The van der Waals surface area contributed by atoms with Crippen molar-refractivity contribution in [3.63, 3.8) is 0 Å². The molecule has 3 nitrogen and oxygen atoms in total. The van der Waals surface area contributed by atoms with E-state index < -0.39 is 0 Å². The molecule has 0 aliphatic heterocycles. The summed E-state index contributed by atoms with van der Waals surface area (Å²) in [5.74, 6) is 0.0582. The van der Waals surface area contributed by atoms with Crippen molar-refractivity contribution in [1.29, 1.82) is 0 Å². The number of rotatable bonds is 9. The van der Waals surface area contributed by atoms with Gasteiger partial charge in [0.05, 0.1) is 6.04 Å². The zero-order valence-corrected chi connectivity index (χ0v) is 17.6. The highest BCUT2D eigenvalue weighted by Crippen LogP contribution is 2.30. The van der Waals surface area contributed by atoms with E-state index in [-0.39, 0.29) is 18.0 Å². The van der Waals surface area contributed by atoms with E-state index >= 15 is 0 Å². The number of nitrogens with one attached hydrogen (secondary N) is 2. The lowest BCUT2D eigenvalue weighted by Gasteiger charge is -2.26. The lowest BCUT2D eigenvalue weighted by atomic mass is 9.98. The molecule has 0 radical (unpaired) electrons. The fraction of sp³-hybridized carbons (Fsp3) is 0.320. The average Bonchev–Trinajstić information content (AvgIpc) is 3.39. The van der Waals surface area contributed by atoms with Gasteiger partial charge in [-0.15, -0.1) is 11.3 Å². The van der Waals surface area contributed by atoms with E-state index in [9.17, 15) is 4.79 Å². The van der Waals surface area contributed by atoms with E-state index in [0.717, 1.165) is 31.2 Å². The fourth-order valence-corrected chi connectivity index (χ4v) is 4.42. The number of hydrogen-bond donors (Lipinski definition) is 2. The summed E-state index contributed by atoms with van der Waals surface area (Å²) in [5, 5.41) is 8.95. The van der Waals surface area contributed by atoms with Crippen LogP contribution < -0.4 is 10.6 Å². The first-order valence-corrected chi connectivity index (χ1v) is 11.4. The highest BCUT2D eigenvalue weighted by Gasteiger charge is 2.30. The Morgan fingerprint density at radius 3 is 2.38 bits per heavy atom. The maximum Gasteiger partial charge on any atom is 0.241 e. The summed E-state index contributed by atoms with van der Waals surface area (Å²) in [7, 11) is 0. The van der Waals surface area contributed by atoms with Gasteiger partial charge in [0, 0.05) is 10.9 Å². The smallest absolute Gasteiger partial charge is 0.241 e. The Balaban J connectivity index is 1.64. The van der Waals surface area contributed by atoms with Crippen LogP contribution in [0.4, 0.5) is 0 Å². The van der Waals surface area contributed by atoms with Crippen molar-refractivity contribution in [3.8, 4) is 0 Å². The molecule has 3 aromatic rings. The molecule has 4 heteroatoms. The summed E-state index contributed by atoms with van der Waals surface area (Å²) < 4.78 is 0. The van der Waals surface area contributed by atoms with Gasteiger partial charge in [0.15, 0.2) is 0 Å². The van der Waals surface area contributed by atoms with Gasteiger partial charge in [-0.1, -0.05) is 74.0 Å². The first-order valence-electron chi connectivity index (χ1n) is 10.5. The van der Waals surface area contributed by atoms with Gasteiger partial charge < -0.3 is 5.32 Å². The highest BCUT2D eigenvalue weighted by atomic mass is 32.1. The topological polar surface area (TPSA) is 41.1 Å². The third-order valence-corrected chi connectivity index (χ3v) is 6.27. The van der Waals surface area contributed by atoms with Crippen LogP contribution >= 0.6 is 11.3 Å². The molecule has 29 heavy (non-hydrogen) atoms. The van der Waals surface area contributed by atoms with Crippen molar-refractivity contribution >= 4 is 17.2 Å². The second-order valence-corrected chi connectivity index (χ2v) is 8.71. The molecule has 1 heterocycles. The second kappa shape index (κ2) is 9.38. The van der Waals surface area contributed by atoms with Crippen LogP contribution in [0.3, 0.4) is 0 Å². The van der Waals surface area contributed by atoms with Crippen LogP contribution in [0.25, 0.3) is 0 Å². The minimum Gasteiger partial charge on any atom is -0.352 e. The van der Waals surface area contributed by atoms with Crippen LogP contribution in [0.15, 0.2) is 72.1 Å². The Labute approximate surface area is 177 Å². The zero-order valence-electron chi connectivity index (χ0n) is 16.8. The van der Waals surface area contributed by atoms with E-state index in [4.69, 9.17) is 0 Å². The lowest BCUT2D eigenvalue weighted by molar-refractivity contribution is -0.123. The number of amides is 1. The van der Waals surface area contributed by atoms with E-state index in [1.807, 2.05) is 30.3 Å². The van der Waals surface area contributed by atoms with Crippen molar-refractivity contribution in [3.05, 3.63) is 93.7 Å². The third kappa shape index (κ3) is 5.14. The van der Waals surface area contributed by atoms with Gasteiger partial charge in [0.25, 0.3) is 0 Å². The van der Waals surface area contributed by atoms with E-state index in [1.165, 1.54) is 16.0 Å². The van der Waals surface area contributed by atoms with Crippen molar-refractivity contribution in [2.45, 2.75) is 50.7 Å². The van der Waals surface area contributed by atoms with Crippen molar-refractivity contribution < 1.29 is 4.79 Å².